The van der Waals surface area contributed by atoms with Gasteiger partial charge >= 0.3 is 0 Å². The number of rotatable bonds is 4. The van der Waals surface area contributed by atoms with Crippen LogP contribution in [0, 0.1) is 6.92 Å². The third-order valence-electron chi connectivity index (χ3n) is 3.02. The maximum absolute atomic E-state index is 11.4. The van der Waals surface area contributed by atoms with Crippen molar-refractivity contribution in [2.75, 3.05) is 13.4 Å². The lowest BCUT2D eigenvalue weighted by Gasteiger charge is -2.12. The quantitative estimate of drug-likeness (QED) is 0.869. The molecule has 1 aromatic carbocycles. The van der Waals surface area contributed by atoms with Gasteiger partial charge in [-0.1, -0.05) is 12.1 Å². The van der Waals surface area contributed by atoms with Crippen molar-refractivity contribution < 1.29 is 13.2 Å². The van der Waals surface area contributed by atoms with Crippen LogP contribution >= 0.6 is 0 Å². The second-order valence-corrected chi connectivity index (χ2v) is 6.94. The molecule has 106 valence electrons. The highest BCUT2D eigenvalue weighted by atomic mass is 32.2. The monoisotopic (exact) mass is 291 g/mol. The van der Waals surface area contributed by atoms with Gasteiger partial charge in [-0.05, 0) is 30.2 Å². The summed E-state index contributed by atoms with van der Waals surface area (Å²) in [6.45, 7) is 2.00. The Bertz CT molecular complexity index is 724. The van der Waals surface area contributed by atoms with Crippen molar-refractivity contribution in [1.82, 2.24) is 4.98 Å². The van der Waals surface area contributed by atoms with E-state index in [0.717, 1.165) is 22.3 Å². The topological polar surface area (TPSA) is 56.3 Å². The molecule has 1 aromatic heterocycles. The number of pyridine rings is 1. The lowest BCUT2D eigenvalue weighted by molar-refractivity contribution is 0.416. The van der Waals surface area contributed by atoms with Gasteiger partial charge in [-0.3, -0.25) is 4.98 Å². The summed E-state index contributed by atoms with van der Waals surface area (Å²) in [7, 11) is -1.48. The molecule has 0 bridgehead atoms. The summed E-state index contributed by atoms with van der Waals surface area (Å²) >= 11 is 0. The number of aryl methyl sites for hydroxylation is 1. The number of ether oxygens (including phenoxy) is 1. The van der Waals surface area contributed by atoms with Crippen molar-refractivity contribution in [3.63, 3.8) is 0 Å². The molecule has 0 aliphatic heterocycles. The molecule has 20 heavy (non-hydrogen) atoms. The Balaban J connectivity index is 2.49. The fraction of sp³-hybridized carbons (Fsp3) is 0.267. The summed E-state index contributed by atoms with van der Waals surface area (Å²) < 4.78 is 28.1. The molecule has 0 amide bonds. The van der Waals surface area contributed by atoms with Crippen LogP contribution in [0.3, 0.4) is 0 Å². The van der Waals surface area contributed by atoms with Gasteiger partial charge in [0.05, 0.1) is 12.9 Å². The zero-order chi connectivity index (χ0) is 14.8. The van der Waals surface area contributed by atoms with E-state index in [9.17, 15) is 8.42 Å². The average molecular weight is 291 g/mol. The molecule has 0 aliphatic rings. The number of sulfone groups is 1. The highest BCUT2D eigenvalue weighted by Gasteiger charge is 2.11. The fourth-order valence-corrected chi connectivity index (χ4v) is 2.88. The molecule has 2 rings (SSSR count). The maximum Gasteiger partial charge on any atom is 0.151 e. The van der Waals surface area contributed by atoms with Crippen LogP contribution < -0.4 is 4.74 Å². The van der Waals surface area contributed by atoms with Gasteiger partial charge in [0.2, 0.25) is 0 Å². The highest BCUT2D eigenvalue weighted by molar-refractivity contribution is 7.89. The Morgan fingerprint density at radius 1 is 1.20 bits per heavy atom. The van der Waals surface area contributed by atoms with Crippen molar-refractivity contribution in [2.24, 2.45) is 0 Å². The van der Waals surface area contributed by atoms with E-state index in [1.165, 1.54) is 6.26 Å². The Kier molecular flexibility index (Phi) is 4.09. The lowest BCUT2D eigenvalue weighted by Crippen LogP contribution is -2.01. The maximum atomic E-state index is 11.4. The van der Waals surface area contributed by atoms with Crippen LogP contribution in [0.15, 0.2) is 36.7 Å². The van der Waals surface area contributed by atoms with Crippen molar-refractivity contribution in [3.8, 4) is 16.9 Å². The lowest BCUT2D eigenvalue weighted by atomic mass is 10.0. The Hall–Kier alpha value is -1.88. The smallest absolute Gasteiger partial charge is 0.151 e. The minimum Gasteiger partial charge on any atom is -0.496 e. The first-order valence-corrected chi connectivity index (χ1v) is 8.22. The van der Waals surface area contributed by atoms with Crippen LogP contribution in [0.5, 0.6) is 5.75 Å². The first kappa shape index (κ1) is 14.5. The SMILES string of the molecule is COc1cc(CS(C)(=O)=O)ccc1-c1cnccc1C. The second kappa shape index (κ2) is 5.63. The minimum atomic E-state index is -3.06. The fourth-order valence-electron chi connectivity index (χ4n) is 2.10. The van der Waals surface area contributed by atoms with Gasteiger partial charge in [0.15, 0.2) is 9.84 Å². The normalized spacial score (nSPS) is 11.3. The molecule has 2 aromatic rings. The number of aromatic nitrogens is 1. The van der Waals surface area contributed by atoms with Gasteiger partial charge in [0.25, 0.3) is 0 Å². The molecule has 0 spiro atoms. The molecule has 0 saturated heterocycles. The van der Waals surface area contributed by atoms with Crippen molar-refractivity contribution in [2.45, 2.75) is 12.7 Å². The summed E-state index contributed by atoms with van der Waals surface area (Å²) in [5.41, 5.74) is 3.70. The van der Waals surface area contributed by atoms with Crippen LogP contribution in [0.4, 0.5) is 0 Å². The van der Waals surface area contributed by atoms with Crippen LogP contribution in [-0.4, -0.2) is 26.8 Å². The molecular weight excluding hydrogens is 274 g/mol. The van der Waals surface area contributed by atoms with E-state index in [1.807, 2.05) is 25.1 Å². The van der Waals surface area contributed by atoms with Gasteiger partial charge in [-0.25, -0.2) is 8.42 Å². The van der Waals surface area contributed by atoms with Crippen LogP contribution in [0.2, 0.25) is 0 Å². The van der Waals surface area contributed by atoms with Gasteiger partial charge in [0.1, 0.15) is 5.75 Å². The van der Waals surface area contributed by atoms with E-state index < -0.39 is 9.84 Å². The second-order valence-electron chi connectivity index (χ2n) is 4.80. The number of hydrogen-bond donors (Lipinski definition) is 0. The molecule has 4 nitrogen and oxygen atoms in total. The van der Waals surface area contributed by atoms with Crippen LogP contribution in [-0.2, 0) is 15.6 Å². The highest BCUT2D eigenvalue weighted by Crippen LogP contribution is 2.32. The molecule has 0 unspecified atom stereocenters. The number of methoxy groups -OCH3 is 1. The van der Waals surface area contributed by atoms with Gasteiger partial charge in [0, 0.05) is 29.8 Å². The minimum absolute atomic E-state index is 0.00959. The summed E-state index contributed by atoms with van der Waals surface area (Å²) in [6.07, 6.45) is 4.74. The van der Waals surface area contributed by atoms with Crippen molar-refractivity contribution in [3.05, 3.63) is 47.8 Å². The molecule has 0 fully saturated rings. The van der Waals surface area contributed by atoms with E-state index in [0.29, 0.717) is 5.75 Å². The summed E-state index contributed by atoms with van der Waals surface area (Å²) in [5, 5.41) is 0. The van der Waals surface area contributed by atoms with Gasteiger partial charge in [-0.2, -0.15) is 0 Å². The Morgan fingerprint density at radius 3 is 2.55 bits per heavy atom. The van der Waals surface area contributed by atoms with Crippen molar-refractivity contribution in [1.29, 1.82) is 0 Å². The van der Waals surface area contributed by atoms with Crippen molar-refractivity contribution >= 4 is 9.84 Å². The zero-order valence-corrected chi connectivity index (χ0v) is 12.6. The number of benzene rings is 1. The summed E-state index contributed by atoms with van der Waals surface area (Å²) in [5.74, 6) is 0.664. The predicted octanol–water partition coefficient (Wildman–Crippen LogP) is 2.61. The third kappa shape index (κ3) is 3.36. The van der Waals surface area contributed by atoms with E-state index in [-0.39, 0.29) is 5.75 Å². The molecule has 0 N–H and O–H groups in total. The number of nitrogens with zero attached hydrogens (tertiary/aromatic N) is 1. The molecule has 0 aliphatic carbocycles. The predicted molar refractivity (Wildman–Crippen MR) is 79.5 cm³/mol. The molecule has 1 heterocycles. The Morgan fingerprint density at radius 2 is 1.95 bits per heavy atom. The molecule has 0 atom stereocenters. The standard InChI is InChI=1S/C15H17NO3S/c1-11-6-7-16-9-14(11)13-5-4-12(8-15(13)19-2)10-20(3,17)18/h4-9H,10H2,1-3H3. The van der Waals surface area contributed by atoms with Gasteiger partial charge < -0.3 is 4.74 Å². The molecule has 0 radical (unpaired) electrons. The number of hydrogen-bond acceptors (Lipinski definition) is 4. The summed E-state index contributed by atoms with van der Waals surface area (Å²) in [6, 6.07) is 7.39. The van der Waals surface area contributed by atoms with E-state index in [2.05, 4.69) is 4.98 Å². The Labute approximate surface area is 119 Å². The van der Waals surface area contributed by atoms with E-state index >= 15 is 0 Å². The molecule has 0 saturated carbocycles. The first-order valence-electron chi connectivity index (χ1n) is 6.16. The first-order chi connectivity index (χ1) is 9.40. The van der Waals surface area contributed by atoms with Crippen LogP contribution in [0.1, 0.15) is 11.1 Å². The molecular formula is C15H17NO3S. The van der Waals surface area contributed by atoms with E-state index in [4.69, 9.17) is 4.74 Å². The van der Waals surface area contributed by atoms with Gasteiger partial charge in [-0.15, -0.1) is 0 Å². The summed E-state index contributed by atoms with van der Waals surface area (Å²) in [4.78, 5) is 4.13. The largest absolute Gasteiger partial charge is 0.496 e. The van der Waals surface area contributed by atoms with Crippen LogP contribution in [0.25, 0.3) is 11.1 Å². The third-order valence-corrected chi connectivity index (χ3v) is 3.88. The van der Waals surface area contributed by atoms with E-state index in [1.54, 1.807) is 25.6 Å². The zero-order valence-electron chi connectivity index (χ0n) is 11.8. The average Bonchev–Trinajstić information content (AvgIpc) is 2.38. The molecule has 5 heteroatoms.